The fourth-order valence-electron chi connectivity index (χ4n) is 2.90. The summed E-state index contributed by atoms with van der Waals surface area (Å²) in [4.78, 5) is 26.0. The number of alkyl halides is 1. The summed E-state index contributed by atoms with van der Waals surface area (Å²) >= 11 is 5.01. The molecule has 0 N–H and O–H groups in total. The van der Waals surface area contributed by atoms with Crippen LogP contribution in [0.4, 0.5) is 0 Å². The average molecular weight is 400 g/mol. The molecule has 2 saturated heterocycles. The molecule has 2 heterocycles. The third kappa shape index (κ3) is 2.85. The lowest BCUT2D eigenvalue weighted by Gasteiger charge is -2.41. The fraction of sp³-hybridized carbons (Fsp3) is 0.500. The van der Waals surface area contributed by atoms with Gasteiger partial charge >= 0.3 is 5.97 Å². The van der Waals surface area contributed by atoms with Crippen LogP contribution in [0.5, 0.6) is 5.75 Å². The zero-order valence-electron chi connectivity index (χ0n) is 13.1. The summed E-state index contributed by atoms with van der Waals surface area (Å²) in [5, 5.41) is 0.0102. The van der Waals surface area contributed by atoms with Crippen molar-refractivity contribution in [1.82, 2.24) is 4.90 Å². The predicted octanol–water partition coefficient (Wildman–Crippen LogP) is 2.56. The number of benzene rings is 1. The van der Waals surface area contributed by atoms with Gasteiger partial charge in [0.05, 0.1) is 7.11 Å². The first-order chi connectivity index (χ1) is 10.8. The van der Waals surface area contributed by atoms with Crippen LogP contribution < -0.4 is 4.74 Å². The van der Waals surface area contributed by atoms with Crippen LogP contribution in [0.1, 0.15) is 19.4 Å². The van der Waals surface area contributed by atoms with Crippen LogP contribution in [-0.4, -0.2) is 44.9 Å². The Hall–Kier alpha value is -1.21. The SMILES string of the molecule is COc1ccc(COC(=O)[C@@H]2N3C(=O)[C@H](Br)[C@H]3SC2(C)C)cc1. The third-order valence-electron chi connectivity index (χ3n) is 4.14. The van der Waals surface area contributed by atoms with Gasteiger partial charge in [0.25, 0.3) is 0 Å². The number of ether oxygens (including phenoxy) is 2. The number of β-lactam (4-membered cyclic amide) rings is 1. The molecule has 3 rings (SSSR count). The van der Waals surface area contributed by atoms with E-state index in [0.717, 1.165) is 11.3 Å². The van der Waals surface area contributed by atoms with Crippen molar-refractivity contribution in [3.8, 4) is 5.75 Å². The summed E-state index contributed by atoms with van der Waals surface area (Å²) in [5.74, 6) is 0.360. The molecular weight excluding hydrogens is 382 g/mol. The molecule has 7 heteroatoms. The van der Waals surface area contributed by atoms with Crippen LogP contribution in [0.15, 0.2) is 24.3 Å². The first kappa shape index (κ1) is 16.6. The van der Waals surface area contributed by atoms with Crippen LogP contribution >= 0.6 is 27.7 Å². The molecule has 0 bridgehead atoms. The first-order valence-electron chi connectivity index (χ1n) is 7.29. The van der Waals surface area contributed by atoms with Crippen molar-refractivity contribution in [2.24, 2.45) is 0 Å². The minimum atomic E-state index is -0.544. The number of methoxy groups -OCH3 is 1. The molecule has 23 heavy (non-hydrogen) atoms. The van der Waals surface area contributed by atoms with Crippen molar-refractivity contribution in [3.63, 3.8) is 0 Å². The van der Waals surface area contributed by atoms with Gasteiger partial charge in [-0.15, -0.1) is 11.8 Å². The van der Waals surface area contributed by atoms with Crippen molar-refractivity contribution in [2.45, 2.75) is 41.4 Å². The summed E-state index contributed by atoms with van der Waals surface area (Å²) in [7, 11) is 1.60. The van der Waals surface area contributed by atoms with Crippen molar-refractivity contribution in [1.29, 1.82) is 0 Å². The number of hydrogen-bond acceptors (Lipinski definition) is 5. The number of carbonyl (C=O) groups excluding carboxylic acids is 2. The van der Waals surface area contributed by atoms with Gasteiger partial charge in [0.15, 0.2) is 0 Å². The normalized spacial score (nSPS) is 28.1. The highest BCUT2D eigenvalue weighted by Gasteiger charge is 2.63. The summed E-state index contributed by atoms with van der Waals surface area (Å²) in [5.41, 5.74) is 0.882. The smallest absolute Gasteiger partial charge is 0.330 e. The minimum absolute atomic E-state index is 0.0102. The molecular formula is C16H18BrNO4S. The number of amides is 1. The number of nitrogens with zero attached hydrogens (tertiary/aromatic N) is 1. The largest absolute Gasteiger partial charge is 0.497 e. The van der Waals surface area contributed by atoms with E-state index < -0.39 is 6.04 Å². The fourth-order valence-corrected chi connectivity index (χ4v) is 5.25. The van der Waals surface area contributed by atoms with Crippen LogP contribution in [0.25, 0.3) is 0 Å². The number of halogens is 1. The summed E-state index contributed by atoms with van der Waals surface area (Å²) in [6.45, 7) is 4.13. The molecule has 124 valence electrons. The van der Waals surface area contributed by atoms with Gasteiger partial charge in [0, 0.05) is 4.75 Å². The molecule has 1 aromatic rings. The first-order valence-corrected chi connectivity index (χ1v) is 9.08. The molecule has 2 fully saturated rings. The van der Waals surface area contributed by atoms with E-state index in [1.165, 1.54) is 0 Å². The molecule has 1 amide bonds. The Balaban J connectivity index is 1.66. The number of rotatable bonds is 4. The Morgan fingerprint density at radius 1 is 1.35 bits per heavy atom. The minimum Gasteiger partial charge on any atom is -0.497 e. The summed E-state index contributed by atoms with van der Waals surface area (Å²) in [6, 6.07) is 6.81. The van der Waals surface area contributed by atoms with Crippen molar-refractivity contribution >= 4 is 39.6 Å². The maximum absolute atomic E-state index is 12.5. The molecule has 3 atom stereocenters. The maximum atomic E-state index is 12.5. The second kappa shape index (κ2) is 6.02. The topological polar surface area (TPSA) is 55.8 Å². The van der Waals surface area contributed by atoms with Crippen LogP contribution in [0.3, 0.4) is 0 Å². The Morgan fingerprint density at radius 3 is 2.61 bits per heavy atom. The average Bonchev–Trinajstić information content (AvgIpc) is 2.81. The van der Waals surface area contributed by atoms with Gasteiger partial charge in [-0.3, -0.25) is 4.79 Å². The van der Waals surface area contributed by atoms with E-state index in [-0.39, 0.29) is 33.4 Å². The molecule has 2 aliphatic rings. The van der Waals surface area contributed by atoms with Crippen LogP contribution in [-0.2, 0) is 20.9 Å². The van der Waals surface area contributed by atoms with E-state index in [1.54, 1.807) is 23.8 Å². The van der Waals surface area contributed by atoms with Gasteiger partial charge in [-0.05, 0) is 31.5 Å². The van der Waals surface area contributed by atoms with Gasteiger partial charge < -0.3 is 14.4 Å². The second-order valence-electron chi connectivity index (χ2n) is 6.12. The third-order valence-corrected chi connectivity index (χ3v) is 6.95. The molecule has 0 aliphatic carbocycles. The highest BCUT2D eigenvalue weighted by Crippen LogP contribution is 2.52. The highest BCUT2D eigenvalue weighted by atomic mass is 79.9. The zero-order chi connectivity index (χ0) is 16.8. The number of esters is 1. The van der Waals surface area contributed by atoms with E-state index in [2.05, 4.69) is 15.9 Å². The summed E-state index contributed by atoms with van der Waals surface area (Å²) < 4.78 is 10.2. The van der Waals surface area contributed by atoms with Gasteiger partial charge in [0.2, 0.25) is 5.91 Å². The Labute approximate surface area is 147 Å². The van der Waals surface area contributed by atoms with Gasteiger partial charge in [-0.25, -0.2) is 4.79 Å². The van der Waals surface area contributed by atoms with E-state index >= 15 is 0 Å². The zero-order valence-corrected chi connectivity index (χ0v) is 15.5. The molecule has 0 aromatic heterocycles. The van der Waals surface area contributed by atoms with Crippen LogP contribution in [0.2, 0.25) is 0 Å². The molecule has 0 spiro atoms. The molecule has 0 saturated carbocycles. The monoisotopic (exact) mass is 399 g/mol. The Bertz CT molecular complexity index is 633. The number of thioether (sulfide) groups is 1. The number of carbonyl (C=O) groups is 2. The lowest BCUT2D eigenvalue weighted by molar-refractivity contribution is -0.161. The Morgan fingerprint density at radius 2 is 2.00 bits per heavy atom. The van der Waals surface area contributed by atoms with Gasteiger partial charge in [-0.2, -0.15) is 0 Å². The number of fused-ring (bicyclic) bond motifs is 1. The molecule has 2 aliphatic heterocycles. The molecule has 0 radical (unpaired) electrons. The summed E-state index contributed by atoms with van der Waals surface area (Å²) in [6.07, 6.45) is 0. The van der Waals surface area contributed by atoms with Crippen molar-refractivity contribution < 1.29 is 19.1 Å². The predicted molar refractivity (Wildman–Crippen MR) is 91.6 cm³/mol. The van der Waals surface area contributed by atoms with Crippen molar-refractivity contribution in [3.05, 3.63) is 29.8 Å². The lowest BCUT2D eigenvalue weighted by atomic mass is 9.98. The quantitative estimate of drug-likeness (QED) is 0.442. The highest BCUT2D eigenvalue weighted by molar-refractivity contribution is 9.10. The van der Waals surface area contributed by atoms with E-state index in [0.29, 0.717) is 0 Å². The Kier molecular flexibility index (Phi) is 4.35. The lowest BCUT2D eigenvalue weighted by Crippen LogP contribution is -2.63. The molecule has 5 nitrogen and oxygen atoms in total. The van der Waals surface area contributed by atoms with Gasteiger partial charge in [-0.1, -0.05) is 28.1 Å². The van der Waals surface area contributed by atoms with Gasteiger partial charge in [0.1, 0.15) is 28.6 Å². The standard InChI is InChI=1S/C16H18BrNO4S/c1-16(2)12(18-13(19)11(17)14(18)23-16)15(20)22-8-9-4-6-10(21-3)7-5-9/h4-7,11-12,14H,8H2,1-3H3/t11-,12-,14+/m0/s1. The van der Waals surface area contributed by atoms with E-state index in [4.69, 9.17) is 9.47 Å². The van der Waals surface area contributed by atoms with Crippen molar-refractivity contribution in [2.75, 3.05) is 7.11 Å². The van der Waals surface area contributed by atoms with E-state index in [1.807, 2.05) is 38.1 Å². The maximum Gasteiger partial charge on any atom is 0.330 e. The molecule has 1 aromatic carbocycles. The van der Waals surface area contributed by atoms with Crippen LogP contribution in [0, 0.1) is 0 Å². The number of hydrogen-bond donors (Lipinski definition) is 0. The molecule has 0 unspecified atom stereocenters. The van der Waals surface area contributed by atoms with E-state index in [9.17, 15) is 9.59 Å². The second-order valence-corrected chi connectivity index (χ2v) is 8.87.